The number of likely N-dealkylation sites (N-methyl/N-ethyl adjacent to an activating group) is 1. The number of aliphatic hydroxyl groups excluding tert-OH is 1. The average Bonchev–Trinajstić information content (AvgIpc) is 3.27. The maximum absolute atomic E-state index is 12.6. The van der Waals surface area contributed by atoms with Crippen LogP contribution in [0.1, 0.15) is 30.2 Å². The highest BCUT2D eigenvalue weighted by Gasteiger charge is 2.43. The van der Waals surface area contributed by atoms with Crippen LogP contribution in [0.4, 0.5) is 0 Å². The van der Waals surface area contributed by atoms with E-state index in [9.17, 15) is 14.7 Å². The lowest BCUT2D eigenvalue weighted by atomic mass is 10.0. The van der Waals surface area contributed by atoms with Gasteiger partial charge in [-0.25, -0.2) is 0 Å². The van der Waals surface area contributed by atoms with Crippen molar-refractivity contribution in [2.75, 3.05) is 6.54 Å². The van der Waals surface area contributed by atoms with Crippen molar-refractivity contribution in [2.24, 2.45) is 0 Å². The summed E-state index contributed by atoms with van der Waals surface area (Å²) in [7, 11) is 0. The minimum absolute atomic E-state index is 0.0130. The Labute approximate surface area is 138 Å². The van der Waals surface area contributed by atoms with Crippen LogP contribution in [-0.4, -0.2) is 28.2 Å². The van der Waals surface area contributed by atoms with Crippen molar-refractivity contribution in [1.29, 1.82) is 0 Å². The number of aliphatic hydroxyl groups is 1. The fourth-order valence-corrected chi connectivity index (χ4v) is 2.76. The quantitative estimate of drug-likeness (QED) is 0.853. The average molecular weight is 327 g/mol. The zero-order valence-corrected chi connectivity index (χ0v) is 13.4. The fourth-order valence-electron chi connectivity index (χ4n) is 2.76. The van der Waals surface area contributed by atoms with Crippen LogP contribution < -0.4 is 0 Å². The molecule has 6 nitrogen and oxygen atoms in total. The summed E-state index contributed by atoms with van der Waals surface area (Å²) in [5.74, 6) is 0.0355. The summed E-state index contributed by atoms with van der Waals surface area (Å²) >= 11 is 0. The maximum Gasteiger partial charge on any atom is 0.290 e. The number of ketones is 1. The molecular weight excluding hydrogens is 310 g/mol. The molecule has 1 amide bonds. The van der Waals surface area contributed by atoms with Crippen LogP contribution in [0.3, 0.4) is 0 Å². The predicted molar refractivity (Wildman–Crippen MR) is 86.0 cm³/mol. The molecule has 2 aromatic rings. The molecule has 1 aliphatic rings. The lowest BCUT2D eigenvalue weighted by Crippen LogP contribution is -2.30. The molecule has 0 fully saturated rings. The van der Waals surface area contributed by atoms with Crippen molar-refractivity contribution in [2.45, 2.75) is 19.9 Å². The second-order valence-electron chi connectivity index (χ2n) is 5.42. The van der Waals surface area contributed by atoms with Gasteiger partial charge in [0, 0.05) is 6.54 Å². The molecule has 0 bridgehead atoms. The van der Waals surface area contributed by atoms with Gasteiger partial charge in [-0.1, -0.05) is 0 Å². The number of nitrogens with zero attached hydrogens (tertiary/aromatic N) is 1. The Bertz CT molecular complexity index is 825. The molecule has 3 rings (SSSR count). The predicted octanol–water partition coefficient (Wildman–Crippen LogP) is 3.18. The van der Waals surface area contributed by atoms with Gasteiger partial charge in [-0.15, -0.1) is 0 Å². The van der Waals surface area contributed by atoms with Crippen molar-refractivity contribution in [1.82, 2.24) is 4.90 Å². The molecule has 124 valence electrons. The number of carbonyl (C=O) groups excluding carboxylic acids is 2. The van der Waals surface area contributed by atoms with Crippen LogP contribution >= 0.6 is 0 Å². The van der Waals surface area contributed by atoms with E-state index in [2.05, 4.69) is 0 Å². The second-order valence-corrected chi connectivity index (χ2v) is 5.42. The largest absolute Gasteiger partial charge is 0.503 e. The van der Waals surface area contributed by atoms with Crippen molar-refractivity contribution in [3.8, 4) is 0 Å². The normalized spacial score (nSPS) is 18.2. The van der Waals surface area contributed by atoms with Gasteiger partial charge in [-0.05, 0) is 50.3 Å². The number of carbonyl (C=O) groups is 2. The van der Waals surface area contributed by atoms with E-state index >= 15 is 0 Å². The van der Waals surface area contributed by atoms with E-state index in [1.165, 1.54) is 23.3 Å². The van der Waals surface area contributed by atoms with Crippen molar-refractivity contribution >= 4 is 17.8 Å². The SMILES string of the molecule is CCN1C(=O)C(O)=C(C(=O)/C=C/c2ccco2)C1c1ccc(C)o1. The highest BCUT2D eigenvalue weighted by atomic mass is 16.3. The van der Waals surface area contributed by atoms with Crippen LogP contribution in [0.15, 0.2) is 56.8 Å². The van der Waals surface area contributed by atoms with Gasteiger partial charge in [0.2, 0.25) is 0 Å². The molecule has 2 aromatic heterocycles. The Kier molecular flexibility index (Phi) is 4.12. The Morgan fingerprint density at radius 2 is 2.17 bits per heavy atom. The van der Waals surface area contributed by atoms with Crippen molar-refractivity contribution in [3.63, 3.8) is 0 Å². The van der Waals surface area contributed by atoms with Crippen LogP contribution in [0.25, 0.3) is 6.08 Å². The van der Waals surface area contributed by atoms with Gasteiger partial charge in [-0.2, -0.15) is 0 Å². The Morgan fingerprint density at radius 1 is 1.38 bits per heavy atom. The van der Waals surface area contributed by atoms with Crippen LogP contribution in [0.5, 0.6) is 0 Å². The molecule has 0 aliphatic carbocycles. The molecule has 0 aromatic carbocycles. The molecule has 0 spiro atoms. The third kappa shape index (κ3) is 2.67. The van der Waals surface area contributed by atoms with E-state index in [4.69, 9.17) is 8.83 Å². The molecule has 1 N–H and O–H groups in total. The van der Waals surface area contributed by atoms with E-state index in [-0.39, 0.29) is 5.57 Å². The lowest BCUT2D eigenvalue weighted by molar-refractivity contribution is -0.129. The molecule has 0 saturated carbocycles. The van der Waals surface area contributed by atoms with E-state index in [1.807, 2.05) is 0 Å². The molecule has 3 heterocycles. The third-order valence-electron chi connectivity index (χ3n) is 3.88. The lowest BCUT2D eigenvalue weighted by Gasteiger charge is -2.22. The number of allylic oxidation sites excluding steroid dienone is 1. The molecule has 1 atom stereocenters. The molecule has 24 heavy (non-hydrogen) atoms. The Balaban J connectivity index is 1.98. The highest BCUT2D eigenvalue weighted by Crippen LogP contribution is 2.38. The van der Waals surface area contributed by atoms with E-state index in [0.717, 1.165) is 0 Å². The first-order valence-corrected chi connectivity index (χ1v) is 7.59. The number of hydrogen-bond acceptors (Lipinski definition) is 5. The Hall–Kier alpha value is -3.02. The summed E-state index contributed by atoms with van der Waals surface area (Å²) in [5.41, 5.74) is 0.0130. The van der Waals surface area contributed by atoms with Crippen LogP contribution in [-0.2, 0) is 9.59 Å². The zero-order valence-electron chi connectivity index (χ0n) is 13.4. The molecule has 1 unspecified atom stereocenters. The van der Waals surface area contributed by atoms with E-state index in [0.29, 0.717) is 23.8 Å². The van der Waals surface area contributed by atoms with Gasteiger partial charge in [0.15, 0.2) is 11.5 Å². The smallest absolute Gasteiger partial charge is 0.290 e. The van der Waals surface area contributed by atoms with Crippen molar-refractivity contribution < 1.29 is 23.5 Å². The standard InChI is InChI=1S/C18H17NO5/c1-3-19-16(14-9-6-11(2)24-14)15(17(21)18(19)22)13(20)8-7-12-5-4-10-23-12/h4-10,16,21H,3H2,1-2H3/b8-7+. The number of furan rings is 2. The zero-order chi connectivity index (χ0) is 17.3. The molecule has 0 radical (unpaired) electrons. The monoisotopic (exact) mass is 327 g/mol. The first-order chi connectivity index (χ1) is 11.5. The van der Waals surface area contributed by atoms with Crippen molar-refractivity contribution in [3.05, 3.63) is 65.2 Å². The first-order valence-electron chi connectivity index (χ1n) is 7.59. The van der Waals surface area contributed by atoms with E-state index < -0.39 is 23.5 Å². The number of hydrogen-bond donors (Lipinski definition) is 1. The minimum atomic E-state index is -0.732. The summed E-state index contributed by atoms with van der Waals surface area (Å²) < 4.78 is 10.7. The topological polar surface area (TPSA) is 83.9 Å². The van der Waals surface area contributed by atoms with Gasteiger partial charge >= 0.3 is 0 Å². The summed E-state index contributed by atoms with van der Waals surface area (Å²) in [6, 6.07) is 6.13. The first kappa shape index (κ1) is 15.9. The number of amides is 1. The molecule has 1 aliphatic heterocycles. The summed E-state index contributed by atoms with van der Waals surface area (Å²) in [6.45, 7) is 3.89. The Morgan fingerprint density at radius 3 is 2.75 bits per heavy atom. The molecular formula is C18H17NO5. The molecule has 6 heteroatoms. The summed E-state index contributed by atoms with van der Waals surface area (Å²) in [6.07, 6.45) is 4.26. The van der Waals surface area contributed by atoms with Gasteiger partial charge in [0.1, 0.15) is 23.3 Å². The number of rotatable bonds is 5. The fraction of sp³-hybridized carbons (Fsp3) is 0.222. The van der Waals surface area contributed by atoms with Gasteiger partial charge in [0.25, 0.3) is 5.91 Å². The van der Waals surface area contributed by atoms with Gasteiger partial charge in [0.05, 0.1) is 11.8 Å². The summed E-state index contributed by atoms with van der Waals surface area (Å²) in [4.78, 5) is 26.2. The molecule has 0 saturated heterocycles. The van der Waals surface area contributed by atoms with Crippen LogP contribution in [0, 0.1) is 6.92 Å². The minimum Gasteiger partial charge on any atom is -0.503 e. The highest BCUT2D eigenvalue weighted by molar-refractivity contribution is 6.14. The number of aryl methyl sites for hydroxylation is 1. The van der Waals surface area contributed by atoms with E-state index in [1.54, 1.807) is 38.1 Å². The maximum atomic E-state index is 12.6. The van der Waals surface area contributed by atoms with Gasteiger partial charge < -0.3 is 18.8 Å². The van der Waals surface area contributed by atoms with Crippen LogP contribution in [0.2, 0.25) is 0 Å². The summed E-state index contributed by atoms with van der Waals surface area (Å²) in [5, 5.41) is 10.2. The second kappa shape index (κ2) is 6.23. The van der Waals surface area contributed by atoms with Gasteiger partial charge in [-0.3, -0.25) is 9.59 Å². The third-order valence-corrected chi connectivity index (χ3v) is 3.88.